The van der Waals surface area contributed by atoms with Crippen LogP contribution in [-0.2, 0) is 0 Å². The second kappa shape index (κ2) is 4.87. The van der Waals surface area contributed by atoms with Crippen LogP contribution in [0.5, 0.6) is 0 Å². The number of hydrogen-bond acceptors (Lipinski definition) is 0. The van der Waals surface area contributed by atoms with Crippen LogP contribution in [-0.4, -0.2) is 16.1 Å². The molecule has 0 bridgehead atoms. The summed E-state index contributed by atoms with van der Waals surface area (Å²) in [6.07, 6.45) is 0. The van der Waals surface area contributed by atoms with Crippen molar-refractivity contribution in [1.82, 2.24) is 0 Å². The van der Waals surface area contributed by atoms with Gasteiger partial charge in [0.25, 0.3) is 0 Å². The van der Waals surface area contributed by atoms with E-state index in [0.717, 1.165) is 0 Å². The van der Waals surface area contributed by atoms with E-state index in [1.54, 1.807) is 10.4 Å². The Hall–Kier alpha value is -1.91. The lowest BCUT2D eigenvalue weighted by Gasteiger charge is -2.30. The van der Waals surface area contributed by atoms with E-state index in [0.29, 0.717) is 0 Å². The first-order valence-corrected chi connectivity index (χ1v) is 16.6. The van der Waals surface area contributed by atoms with Gasteiger partial charge >= 0.3 is 0 Å². The smallest absolute Gasteiger partial charge is 0.0656 e. The molecule has 0 saturated carbocycles. The van der Waals surface area contributed by atoms with Crippen molar-refractivity contribution < 1.29 is 0 Å². The minimum atomic E-state index is -1.36. The largest absolute Gasteiger partial charge is 0.0774 e. The van der Waals surface area contributed by atoms with Gasteiger partial charge in [0.05, 0.1) is 16.1 Å². The van der Waals surface area contributed by atoms with Crippen LogP contribution in [0.25, 0.3) is 43.1 Å². The summed E-state index contributed by atoms with van der Waals surface area (Å²) >= 11 is 0. The maximum atomic E-state index is 2.56. The van der Waals surface area contributed by atoms with Gasteiger partial charge < -0.3 is 0 Å². The molecule has 5 rings (SSSR count). The molecule has 5 aromatic rings. The molecule has 0 spiro atoms. The van der Waals surface area contributed by atoms with Crippen LogP contribution < -0.4 is 10.4 Å². The molecule has 130 valence electrons. The Balaban J connectivity index is 1.86. The third-order valence-corrected chi connectivity index (χ3v) is 10.3. The molecule has 5 aromatic carbocycles. The van der Waals surface area contributed by atoms with Crippen LogP contribution >= 0.6 is 0 Å². The summed E-state index contributed by atoms with van der Waals surface area (Å²) in [6.45, 7) is 15.0. The Morgan fingerprint density at radius 2 is 0.731 bits per heavy atom. The summed E-state index contributed by atoms with van der Waals surface area (Å²) in [7, 11) is -2.73. The summed E-state index contributed by atoms with van der Waals surface area (Å²) in [5.74, 6) is 0. The van der Waals surface area contributed by atoms with Crippen molar-refractivity contribution in [2.24, 2.45) is 0 Å². The molecule has 0 unspecified atom stereocenters. The topological polar surface area (TPSA) is 0 Å². The zero-order chi connectivity index (χ0) is 18.4. The SMILES string of the molecule is C[Si](C)(C)c1cc2c(cc1[Si](C)(C)C)c1cc3c4ccccc4c3cc21. The van der Waals surface area contributed by atoms with Crippen LogP contribution in [0.1, 0.15) is 0 Å². The molecule has 0 heterocycles. The van der Waals surface area contributed by atoms with Crippen LogP contribution in [0.2, 0.25) is 39.3 Å². The second-order valence-electron chi connectivity index (χ2n) is 9.93. The average Bonchev–Trinajstić information content (AvgIpc) is 2.54. The number of fused-ring (bicyclic) bond motifs is 8. The monoisotopic (exact) mass is 370 g/mol. The fourth-order valence-corrected chi connectivity index (χ4v) is 9.77. The molecule has 26 heavy (non-hydrogen) atoms. The third kappa shape index (κ3) is 2.06. The Kier molecular flexibility index (Phi) is 3.05. The zero-order valence-electron chi connectivity index (χ0n) is 16.6. The molecule has 0 aliphatic heterocycles. The lowest BCUT2D eigenvalue weighted by molar-refractivity contribution is 1.70. The Labute approximate surface area is 157 Å². The highest BCUT2D eigenvalue weighted by atomic mass is 28.3. The van der Waals surface area contributed by atoms with Crippen molar-refractivity contribution >= 4 is 69.6 Å². The molecule has 0 saturated heterocycles. The zero-order valence-corrected chi connectivity index (χ0v) is 18.6. The van der Waals surface area contributed by atoms with E-state index < -0.39 is 16.1 Å². The van der Waals surface area contributed by atoms with E-state index in [9.17, 15) is 0 Å². The number of rotatable bonds is 2. The van der Waals surface area contributed by atoms with E-state index >= 15 is 0 Å². The van der Waals surface area contributed by atoms with Crippen molar-refractivity contribution in [1.29, 1.82) is 0 Å². The van der Waals surface area contributed by atoms with E-state index in [-0.39, 0.29) is 0 Å². The average molecular weight is 371 g/mol. The van der Waals surface area contributed by atoms with Crippen molar-refractivity contribution in [3.05, 3.63) is 48.5 Å². The van der Waals surface area contributed by atoms with Crippen LogP contribution in [0.15, 0.2) is 48.5 Å². The fourth-order valence-electron chi connectivity index (χ4n) is 4.61. The summed E-state index contributed by atoms with van der Waals surface area (Å²) < 4.78 is 0. The van der Waals surface area contributed by atoms with Gasteiger partial charge in [-0.05, 0) is 55.2 Å². The second-order valence-corrected chi connectivity index (χ2v) is 20.0. The van der Waals surface area contributed by atoms with Crippen LogP contribution in [0.3, 0.4) is 0 Å². The predicted octanol–water partition coefficient (Wildman–Crippen LogP) is 6.27. The molecule has 0 nitrogen and oxygen atoms in total. The highest BCUT2D eigenvalue weighted by Crippen LogP contribution is 2.43. The van der Waals surface area contributed by atoms with Crippen molar-refractivity contribution in [3.63, 3.8) is 0 Å². The number of benzene rings is 3. The van der Waals surface area contributed by atoms with Gasteiger partial charge in [0, 0.05) is 0 Å². The van der Waals surface area contributed by atoms with Gasteiger partial charge in [0.1, 0.15) is 0 Å². The molecule has 0 N–H and O–H groups in total. The van der Waals surface area contributed by atoms with E-state index in [4.69, 9.17) is 0 Å². The first kappa shape index (κ1) is 16.3. The van der Waals surface area contributed by atoms with Crippen LogP contribution in [0, 0.1) is 0 Å². The van der Waals surface area contributed by atoms with E-state index in [1.807, 2.05) is 0 Å². The molecule has 0 fully saturated rings. The molecule has 0 amide bonds. The van der Waals surface area contributed by atoms with Crippen molar-refractivity contribution in [2.45, 2.75) is 39.3 Å². The van der Waals surface area contributed by atoms with Crippen molar-refractivity contribution in [2.75, 3.05) is 0 Å². The molecule has 0 aliphatic carbocycles. The van der Waals surface area contributed by atoms with Gasteiger partial charge in [-0.3, -0.25) is 0 Å². The number of hydrogen-bond donors (Lipinski definition) is 0. The Bertz CT molecular complexity index is 1180. The van der Waals surface area contributed by atoms with Gasteiger partial charge in [-0.2, -0.15) is 0 Å². The highest BCUT2D eigenvalue weighted by Gasteiger charge is 2.29. The maximum absolute atomic E-state index is 2.56. The lowest BCUT2D eigenvalue weighted by atomic mass is 9.86. The fraction of sp³-hybridized carbons (Fsp3) is 0.250. The van der Waals surface area contributed by atoms with E-state index in [1.165, 1.54) is 43.1 Å². The van der Waals surface area contributed by atoms with Crippen molar-refractivity contribution in [3.8, 4) is 0 Å². The summed E-state index contributed by atoms with van der Waals surface area (Å²) in [6, 6.07) is 18.8. The predicted molar refractivity (Wildman–Crippen MR) is 125 cm³/mol. The minimum absolute atomic E-state index is 1.36. The normalized spacial score (nSPS) is 13.8. The molecule has 0 aromatic heterocycles. The first-order valence-electron chi connectivity index (χ1n) is 9.64. The lowest BCUT2D eigenvalue weighted by Crippen LogP contribution is -2.56. The summed E-state index contributed by atoms with van der Waals surface area (Å²) in [5.41, 5.74) is 0. The standard InChI is InChI=1S/C24H26Si2/c1-25(2,3)23-13-21-19-11-17-15-9-7-8-10-16(15)18(17)12-20(19)22(21)14-24(23)26(4,5)6/h7-14H,1-6H3. The maximum Gasteiger partial charge on any atom is 0.0774 e. The minimum Gasteiger partial charge on any atom is -0.0656 e. The molecular formula is C24H26Si2. The summed E-state index contributed by atoms with van der Waals surface area (Å²) in [5, 5.41) is 15.0. The highest BCUT2D eigenvalue weighted by molar-refractivity contribution is 6.98. The third-order valence-electron chi connectivity index (χ3n) is 6.02. The molecule has 0 radical (unpaired) electrons. The van der Waals surface area contributed by atoms with Gasteiger partial charge in [-0.15, -0.1) is 0 Å². The quantitative estimate of drug-likeness (QED) is 0.321. The van der Waals surface area contributed by atoms with Gasteiger partial charge in [-0.1, -0.05) is 86.1 Å². The molecule has 0 atom stereocenters. The van der Waals surface area contributed by atoms with E-state index in [2.05, 4.69) is 87.8 Å². The van der Waals surface area contributed by atoms with Gasteiger partial charge in [0.15, 0.2) is 0 Å². The summed E-state index contributed by atoms with van der Waals surface area (Å²) in [4.78, 5) is 0. The Morgan fingerprint density at radius 3 is 1.08 bits per heavy atom. The first-order chi connectivity index (χ1) is 12.2. The van der Waals surface area contributed by atoms with Gasteiger partial charge in [0.2, 0.25) is 0 Å². The molecule has 2 heteroatoms. The molecule has 0 aliphatic rings. The Morgan fingerprint density at radius 1 is 0.423 bits per heavy atom. The molecular weight excluding hydrogens is 344 g/mol. The van der Waals surface area contributed by atoms with Crippen LogP contribution in [0.4, 0.5) is 0 Å². The van der Waals surface area contributed by atoms with Gasteiger partial charge in [-0.25, -0.2) is 0 Å².